The Morgan fingerprint density at radius 2 is 1.97 bits per heavy atom. The average molecular weight is 394 g/mol. The Hall–Kier alpha value is -3.09. The number of ether oxygens (including phenoxy) is 1. The number of amides is 2. The number of likely N-dealkylation sites (N-methyl/N-ethyl adjacent to an activating group) is 1. The second-order valence-electron chi connectivity index (χ2n) is 7.72. The quantitative estimate of drug-likeness (QED) is 0.756. The van der Waals surface area contributed by atoms with Gasteiger partial charge in [0, 0.05) is 38.2 Å². The van der Waals surface area contributed by atoms with Crippen molar-refractivity contribution in [1.29, 1.82) is 0 Å². The van der Waals surface area contributed by atoms with Gasteiger partial charge >= 0.3 is 0 Å². The van der Waals surface area contributed by atoms with Gasteiger partial charge in [-0.05, 0) is 31.0 Å². The predicted octanol–water partition coefficient (Wildman–Crippen LogP) is 2.58. The fourth-order valence-corrected chi connectivity index (χ4v) is 3.84. The van der Waals surface area contributed by atoms with Crippen molar-refractivity contribution in [2.45, 2.75) is 25.3 Å². The first kappa shape index (κ1) is 19.2. The summed E-state index contributed by atoms with van der Waals surface area (Å²) >= 11 is 0. The number of benzene rings is 1. The molecular formula is C22H26N4O3. The Bertz CT molecular complexity index is 960. The lowest BCUT2D eigenvalue weighted by Gasteiger charge is -2.25. The third-order valence-corrected chi connectivity index (χ3v) is 5.58. The number of aromatic nitrogens is 1. The first-order valence-electron chi connectivity index (χ1n) is 9.88. The third kappa shape index (κ3) is 3.77. The highest BCUT2D eigenvalue weighted by molar-refractivity contribution is 6.02. The molecule has 0 bridgehead atoms. The second kappa shape index (κ2) is 7.73. The van der Waals surface area contributed by atoms with Crippen molar-refractivity contribution in [3.63, 3.8) is 0 Å². The number of aryl methyl sites for hydroxylation is 1. The molecule has 4 rings (SSSR count). The smallest absolute Gasteiger partial charge is 0.262 e. The molecule has 1 aromatic heterocycles. The summed E-state index contributed by atoms with van der Waals surface area (Å²) in [5.74, 6) is 0.652. The van der Waals surface area contributed by atoms with E-state index in [1.165, 1.54) is 9.91 Å². The predicted molar refractivity (Wildman–Crippen MR) is 110 cm³/mol. The molecule has 2 aromatic rings. The van der Waals surface area contributed by atoms with Crippen LogP contribution in [0.3, 0.4) is 0 Å². The van der Waals surface area contributed by atoms with Crippen molar-refractivity contribution in [3.8, 4) is 5.75 Å². The van der Waals surface area contributed by atoms with Crippen LogP contribution in [0.25, 0.3) is 0 Å². The molecule has 0 saturated heterocycles. The van der Waals surface area contributed by atoms with Crippen LogP contribution in [0.15, 0.2) is 47.7 Å². The molecule has 1 aromatic carbocycles. The lowest BCUT2D eigenvalue weighted by Crippen LogP contribution is -2.39. The van der Waals surface area contributed by atoms with Crippen LogP contribution in [-0.4, -0.2) is 52.7 Å². The molecule has 1 aliphatic carbocycles. The van der Waals surface area contributed by atoms with Gasteiger partial charge < -0.3 is 14.2 Å². The number of carbonyl (C=O) groups is 2. The van der Waals surface area contributed by atoms with Crippen LogP contribution in [0.5, 0.6) is 5.75 Å². The Morgan fingerprint density at radius 3 is 2.62 bits per heavy atom. The van der Waals surface area contributed by atoms with E-state index in [0.29, 0.717) is 6.42 Å². The summed E-state index contributed by atoms with van der Waals surface area (Å²) < 4.78 is 7.53. The highest BCUT2D eigenvalue weighted by Crippen LogP contribution is 2.37. The minimum absolute atomic E-state index is 0.0187. The Kier molecular flexibility index (Phi) is 5.13. The van der Waals surface area contributed by atoms with E-state index in [1.807, 2.05) is 54.2 Å². The van der Waals surface area contributed by atoms with Gasteiger partial charge in [-0.25, -0.2) is 5.01 Å². The van der Waals surface area contributed by atoms with Gasteiger partial charge in [0.2, 0.25) is 5.91 Å². The summed E-state index contributed by atoms with van der Waals surface area (Å²) in [7, 11) is 5.28. The number of hydrazone groups is 1. The summed E-state index contributed by atoms with van der Waals surface area (Å²) in [6.07, 6.45) is 4.38. The first-order valence-corrected chi connectivity index (χ1v) is 9.88. The maximum absolute atomic E-state index is 13.2. The molecule has 0 unspecified atom stereocenters. The number of rotatable bonds is 6. The summed E-state index contributed by atoms with van der Waals surface area (Å²) in [4.78, 5) is 27.0. The van der Waals surface area contributed by atoms with Crippen molar-refractivity contribution in [2.75, 3.05) is 20.7 Å². The van der Waals surface area contributed by atoms with E-state index < -0.39 is 0 Å². The lowest BCUT2D eigenvalue weighted by molar-refractivity contribution is -0.141. The molecule has 7 heteroatoms. The second-order valence-corrected chi connectivity index (χ2v) is 7.72. The van der Waals surface area contributed by atoms with Crippen LogP contribution in [0, 0.1) is 5.92 Å². The number of carbonyl (C=O) groups excluding carboxylic acids is 2. The molecule has 7 nitrogen and oxygen atoms in total. The van der Waals surface area contributed by atoms with Crippen molar-refractivity contribution in [2.24, 2.45) is 18.1 Å². The van der Waals surface area contributed by atoms with Gasteiger partial charge in [0.15, 0.2) is 0 Å². The maximum atomic E-state index is 13.2. The topological polar surface area (TPSA) is 67.1 Å². The molecule has 29 heavy (non-hydrogen) atoms. The molecule has 0 spiro atoms. The summed E-state index contributed by atoms with van der Waals surface area (Å²) in [6, 6.07) is 11.4. The number of hydrogen-bond acceptors (Lipinski definition) is 4. The molecule has 152 valence electrons. The molecule has 1 saturated carbocycles. The molecule has 2 heterocycles. The third-order valence-electron chi connectivity index (χ3n) is 5.58. The van der Waals surface area contributed by atoms with E-state index >= 15 is 0 Å². The summed E-state index contributed by atoms with van der Waals surface area (Å²) in [5.41, 5.74) is 2.73. The molecule has 2 aliphatic rings. The Balaban J connectivity index is 1.63. The van der Waals surface area contributed by atoms with E-state index in [4.69, 9.17) is 4.74 Å². The van der Waals surface area contributed by atoms with E-state index in [9.17, 15) is 9.59 Å². The highest BCUT2D eigenvalue weighted by atomic mass is 16.5. The maximum Gasteiger partial charge on any atom is 0.262 e. The van der Waals surface area contributed by atoms with Gasteiger partial charge in [-0.2, -0.15) is 5.10 Å². The molecule has 0 radical (unpaired) electrons. The van der Waals surface area contributed by atoms with Crippen molar-refractivity contribution in [1.82, 2.24) is 14.5 Å². The molecule has 1 aliphatic heterocycles. The fourth-order valence-electron chi connectivity index (χ4n) is 3.84. The Morgan fingerprint density at radius 1 is 1.21 bits per heavy atom. The van der Waals surface area contributed by atoms with Crippen molar-refractivity contribution in [3.05, 3.63) is 53.9 Å². The van der Waals surface area contributed by atoms with Crippen LogP contribution in [0.1, 0.15) is 36.6 Å². The molecular weight excluding hydrogens is 368 g/mol. The zero-order chi connectivity index (χ0) is 20.5. The molecule has 1 fully saturated rings. The van der Waals surface area contributed by atoms with Gasteiger partial charge in [0.1, 0.15) is 12.3 Å². The number of methoxy groups -OCH3 is 1. The van der Waals surface area contributed by atoms with Crippen LogP contribution >= 0.6 is 0 Å². The number of para-hydroxylation sites is 1. The minimum Gasteiger partial charge on any atom is -0.496 e. The monoisotopic (exact) mass is 394 g/mol. The van der Waals surface area contributed by atoms with Gasteiger partial charge in [-0.15, -0.1) is 0 Å². The van der Waals surface area contributed by atoms with Crippen LogP contribution in [-0.2, 0) is 16.6 Å². The zero-order valence-electron chi connectivity index (χ0n) is 17.0. The van der Waals surface area contributed by atoms with E-state index in [-0.39, 0.29) is 30.3 Å². The summed E-state index contributed by atoms with van der Waals surface area (Å²) in [6.45, 7) is 0.0187. The van der Waals surface area contributed by atoms with E-state index in [2.05, 4.69) is 5.10 Å². The lowest BCUT2D eigenvalue weighted by atomic mass is 9.99. The van der Waals surface area contributed by atoms with Gasteiger partial charge in [-0.3, -0.25) is 9.59 Å². The van der Waals surface area contributed by atoms with E-state index in [1.54, 1.807) is 14.2 Å². The summed E-state index contributed by atoms with van der Waals surface area (Å²) in [5, 5.41) is 6.21. The molecule has 2 amide bonds. The van der Waals surface area contributed by atoms with Crippen molar-refractivity contribution < 1.29 is 14.3 Å². The first-order chi connectivity index (χ1) is 14.0. The normalized spacial score (nSPS) is 18.5. The van der Waals surface area contributed by atoms with Crippen molar-refractivity contribution >= 4 is 17.5 Å². The minimum atomic E-state index is -0.270. The largest absolute Gasteiger partial charge is 0.496 e. The van der Waals surface area contributed by atoms with Gasteiger partial charge in [0.05, 0.1) is 24.6 Å². The SMILES string of the molecule is COc1ccccc1[C@H]1CC(c2cccn2C)=NN1C(=O)CN(C)C(=O)C1CC1. The fraction of sp³-hybridized carbons (Fsp3) is 0.409. The van der Waals surface area contributed by atoms with Crippen LogP contribution < -0.4 is 4.74 Å². The number of hydrogen-bond donors (Lipinski definition) is 0. The van der Waals surface area contributed by atoms with Crippen LogP contribution in [0.4, 0.5) is 0 Å². The standard InChI is InChI=1S/C22H26N4O3/c1-24-12-6-8-18(24)17-13-19(16-7-4-5-9-20(16)29-3)26(23-17)21(27)14-25(2)22(28)15-10-11-15/h4-9,12,15,19H,10-11,13-14H2,1-3H3/t19-/m1/s1. The van der Waals surface area contributed by atoms with Gasteiger partial charge in [-0.1, -0.05) is 18.2 Å². The Labute approximate surface area is 170 Å². The van der Waals surface area contributed by atoms with E-state index in [0.717, 1.165) is 35.6 Å². The molecule has 0 N–H and O–H groups in total. The zero-order valence-corrected chi connectivity index (χ0v) is 17.0. The molecule has 1 atom stereocenters. The number of nitrogens with zero attached hydrogens (tertiary/aromatic N) is 4. The van der Waals surface area contributed by atoms with Crippen LogP contribution in [0.2, 0.25) is 0 Å². The highest BCUT2D eigenvalue weighted by Gasteiger charge is 2.37. The average Bonchev–Trinajstić information content (AvgIpc) is 3.34. The van der Waals surface area contributed by atoms with Gasteiger partial charge in [0.25, 0.3) is 5.91 Å².